The molecule has 1 saturated heterocycles. The van der Waals surface area contributed by atoms with Crippen LogP contribution in [0.2, 0.25) is 0 Å². The standard InChI is InChI=1S/C21H26O3/c1-4-5-20(22-14-21(3)15-23-21)24-19-12-10-18(11-13-19)17-8-6-16(2)7-9-17/h6-13,20H,4-5,14-15H2,1-3H3. The summed E-state index contributed by atoms with van der Waals surface area (Å²) < 4.78 is 17.3. The lowest BCUT2D eigenvalue weighted by molar-refractivity contribution is -0.0977. The van der Waals surface area contributed by atoms with Gasteiger partial charge in [-0.05, 0) is 37.1 Å². The zero-order chi connectivity index (χ0) is 17.0. The Kier molecular flexibility index (Phi) is 5.22. The highest BCUT2D eigenvalue weighted by molar-refractivity contribution is 5.64. The highest BCUT2D eigenvalue weighted by Crippen LogP contribution is 2.28. The van der Waals surface area contributed by atoms with E-state index in [9.17, 15) is 0 Å². The first-order valence-electron chi connectivity index (χ1n) is 8.67. The highest BCUT2D eigenvalue weighted by atomic mass is 16.7. The number of hydrogen-bond donors (Lipinski definition) is 0. The molecule has 0 saturated carbocycles. The van der Waals surface area contributed by atoms with Gasteiger partial charge in [0.05, 0.1) is 13.2 Å². The molecule has 24 heavy (non-hydrogen) atoms. The summed E-state index contributed by atoms with van der Waals surface area (Å²) in [5.74, 6) is 0.839. The Morgan fingerprint density at radius 2 is 1.62 bits per heavy atom. The molecule has 0 aliphatic carbocycles. The molecule has 3 heteroatoms. The van der Waals surface area contributed by atoms with Crippen molar-refractivity contribution in [1.29, 1.82) is 0 Å². The quantitative estimate of drug-likeness (QED) is 0.507. The molecule has 1 aliphatic rings. The molecule has 3 rings (SSSR count). The van der Waals surface area contributed by atoms with Crippen molar-refractivity contribution in [2.75, 3.05) is 13.2 Å². The fourth-order valence-electron chi connectivity index (χ4n) is 2.51. The van der Waals surface area contributed by atoms with E-state index in [4.69, 9.17) is 14.2 Å². The van der Waals surface area contributed by atoms with Crippen molar-refractivity contribution in [2.24, 2.45) is 0 Å². The summed E-state index contributed by atoms with van der Waals surface area (Å²) in [6.45, 7) is 7.65. The Labute approximate surface area is 144 Å². The molecule has 0 aromatic heterocycles. The van der Waals surface area contributed by atoms with Crippen LogP contribution < -0.4 is 4.74 Å². The van der Waals surface area contributed by atoms with Crippen LogP contribution in [-0.4, -0.2) is 25.1 Å². The Bertz CT molecular complexity index is 642. The minimum absolute atomic E-state index is 0.106. The van der Waals surface area contributed by atoms with Gasteiger partial charge >= 0.3 is 0 Å². The second kappa shape index (κ2) is 7.37. The molecule has 2 unspecified atom stereocenters. The second-order valence-corrected chi connectivity index (χ2v) is 6.78. The van der Waals surface area contributed by atoms with Crippen LogP contribution in [0.25, 0.3) is 11.1 Å². The topological polar surface area (TPSA) is 31.0 Å². The lowest BCUT2D eigenvalue weighted by Crippen LogP contribution is -2.26. The Hall–Kier alpha value is -1.84. The smallest absolute Gasteiger partial charge is 0.199 e. The van der Waals surface area contributed by atoms with Crippen molar-refractivity contribution in [3.63, 3.8) is 0 Å². The Morgan fingerprint density at radius 3 is 2.17 bits per heavy atom. The molecule has 2 aromatic carbocycles. The van der Waals surface area contributed by atoms with Crippen LogP contribution >= 0.6 is 0 Å². The van der Waals surface area contributed by atoms with E-state index in [1.54, 1.807) is 0 Å². The van der Waals surface area contributed by atoms with E-state index < -0.39 is 0 Å². The number of aryl methyl sites for hydroxylation is 1. The van der Waals surface area contributed by atoms with Crippen LogP contribution in [0.3, 0.4) is 0 Å². The average molecular weight is 326 g/mol. The molecule has 128 valence electrons. The van der Waals surface area contributed by atoms with Crippen molar-refractivity contribution >= 4 is 0 Å². The molecule has 3 nitrogen and oxygen atoms in total. The van der Waals surface area contributed by atoms with E-state index in [1.165, 1.54) is 16.7 Å². The zero-order valence-electron chi connectivity index (χ0n) is 14.7. The molecule has 2 atom stereocenters. The zero-order valence-corrected chi connectivity index (χ0v) is 14.7. The number of benzene rings is 2. The van der Waals surface area contributed by atoms with Crippen LogP contribution in [0, 0.1) is 6.92 Å². The summed E-state index contributed by atoms with van der Waals surface area (Å²) in [7, 11) is 0. The molecule has 0 N–H and O–H groups in total. The van der Waals surface area contributed by atoms with E-state index in [0.717, 1.165) is 25.2 Å². The van der Waals surface area contributed by atoms with Gasteiger partial charge in [0.2, 0.25) is 0 Å². The normalized spacial score (nSPS) is 20.6. The Morgan fingerprint density at radius 1 is 1.04 bits per heavy atom. The molecule has 0 bridgehead atoms. The predicted octanol–water partition coefficient (Wildman–Crippen LogP) is 4.97. The van der Waals surface area contributed by atoms with E-state index in [0.29, 0.717) is 6.61 Å². The molecular weight excluding hydrogens is 300 g/mol. The lowest BCUT2D eigenvalue weighted by Gasteiger charge is -2.20. The van der Waals surface area contributed by atoms with Crippen LogP contribution in [-0.2, 0) is 9.47 Å². The second-order valence-electron chi connectivity index (χ2n) is 6.78. The number of hydrogen-bond acceptors (Lipinski definition) is 3. The van der Waals surface area contributed by atoms with Crippen molar-refractivity contribution in [3.05, 3.63) is 54.1 Å². The van der Waals surface area contributed by atoms with Crippen LogP contribution in [0.1, 0.15) is 32.3 Å². The van der Waals surface area contributed by atoms with Gasteiger partial charge in [-0.25, -0.2) is 0 Å². The van der Waals surface area contributed by atoms with Gasteiger partial charge in [0.15, 0.2) is 6.29 Å². The van der Waals surface area contributed by atoms with Gasteiger partial charge in [-0.2, -0.15) is 0 Å². The van der Waals surface area contributed by atoms with Crippen molar-refractivity contribution < 1.29 is 14.2 Å². The molecule has 0 radical (unpaired) electrons. The molecule has 1 heterocycles. The van der Waals surface area contributed by atoms with Gasteiger partial charge in [0.1, 0.15) is 11.4 Å². The molecule has 1 aliphatic heterocycles. The third-order valence-corrected chi connectivity index (χ3v) is 4.24. The maximum atomic E-state index is 6.01. The van der Waals surface area contributed by atoms with Crippen LogP contribution in [0.5, 0.6) is 5.75 Å². The number of epoxide rings is 1. The van der Waals surface area contributed by atoms with Gasteiger partial charge in [-0.15, -0.1) is 0 Å². The minimum atomic E-state index is -0.221. The first-order chi connectivity index (χ1) is 11.6. The van der Waals surface area contributed by atoms with Crippen molar-refractivity contribution in [1.82, 2.24) is 0 Å². The van der Waals surface area contributed by atoms with E-state index >= 15 is 0 Å². The summed E-state index contributed by atoms with van der Waals surface area (Å²) in [6, 6.07) is 16.8. The molecule has 1 fully saturated rings. The first kappa shape index (κ1) is 17.0. The Balaban J connectivity index is 1.61. The van der Waals surface area contributed by atoms with Crippen LogP contribution in [0.15, 0.2) is 48.5 Å². The maximum absolute atomic E-state index is 6.01. The molecular formula is C21H26O3. The minimum Gasteiger partial charge on any atom is -0.465 e. The van der Waals surface area contributed by atoms with Gasteiger partial charge in [-0.3, -0.25) is 0 Å². The van der Waals surface area contributed by atoms with Crippen LogP contribution in [0.4, 0.5) is 0 Å². The summed E-state index contributed by atoms with van der Waals surface area (Å²) in [5.41, 5.74) is 3.57. The third-order valence-electron chi connectivity index (χ3n) is 4.24. The van der Waals surface area contributed by atoms with E-state index in [2.05, 4.69) is 57.2 Å². The summed E-state index contributed by atoms with van der Waals surface area (Å²) in [5, 5.41) is 0. The SMILES string of the molecule is CCCC(OCC1(C)CO1)Oc1ccc(-c2ccc(C)cc2)cc1. The number of rotatable bonds is 8. The van der Waals surface area contributed by atoms with Gasteiger partial charge in [0, 0.05) is 6.42 Å². The van der Waals surface area contributed by atoms with Crippen molar-refractivity contribution in [2.45, 2.75) is 45.5 Å². The molecule has 0 amide bonds. The van der Waals surface area contributed by atoms with Gasteiger partial charge in [0.25, 0.3) is 0 Å². The average Bonchev–Trinajstić information content (AvgIpc) is 3.32. The maximum Gasteiger partial charge on any atom is 0.199 e. The number of ether oxygens (including phenoxy) is 3. The lowest BCUT2D eigenvalue weighted by atomic mass is 10.0. The fourth-order valence-corrected chi connectivity index (χ4v) is 2.51. The summed E-state index contributed by atoms with van der Waals surface area (Å²) >= 11 is 0. The summed E-state index contributed by atoms with van der Waals surface area (Å²) in [4.78, 5) is 0. The molecule has 2 aromatic rings. The fraction of sp³-hybridized carbons (Fsp3) is 0.429. The highest BCUT2D eigenvalue weighted by Gasteiger charge is 2.40. The first-order valence-corrected chi connectivity index (χ1v) is 8.67. The van der Waals surface area contributed by atoms with E-state index in [1.807, 2.05) is 12.1 Å². The van der Waals surface area contributed by atoms with Gasteiger partial charge in [-0.1, -0.05) is 55.3 Å². The summed E-state index contributed by atoms with van der Waals surface area (Å²) in [6.07, 6.45) is 1.67. The third kappa shape index (κ3) is 4.59. The largest absolute Gasteiger partial charge is 0.465 e. The van der Waals surface area contributed by atoms with Crippen molar-refractivity contribution in [3.8, 4) is 16.9 Å². The molecule has 0 spiro atoms. The van der Waals surface area contributed by atoms with Gasteiger partial charge < -0.3 is 14.2 Å². The predicted molar refractivity (Wildman–Crippen MR) is 96.2 cm³/mol. The van der Waals surface area contributed by atoms with E-state index in [-0.39, 0.29) is 11.9 Å². The monoisotopic (exact) mass is 326 g/mol.